The summed E-state index contributed by atoms with van der Waals surface area (Å²) in [6.07, 6.45) is 2.29. The minimum Gasteiger partial charge on any atom is -0.244 e. The molecule has 1 aliphatic rings. The molecule has 1 heterocycles. The number of aryl methyl sites for hydroxylation is 2. The summed E-state index contributed by atoms with van der Waals surface area (Å²) in [5.41, 5.74) is 8.78. The number of rotatable bonds is 0. The zero-order chi connectivity index (χ0) is 11.2. The zero-order valence-corrected chi connectivity index (χ0v) is 10.1. The molecule has 0 atom stereocenters. The van der Waals surface area contributed by atoms with Gasteiger partial charge in [-0.1, -0.05) is 30.3 Å². The van der Waals surface area contributed by atoms with Crippen LogP contribution in [0.5, 0.6) is 0 Å². The van der Waals surface area contributed by atoms with E-state index in [1.165, 1.54) is 32.5 Å². The Balaban J connectivity index is 2.16. The Hall–Kier alpha value is -1.67. The Morgan fingerprint density at radius 2 is 1.82 bits per heavy atom. The molecule has 0 aliphatic heterocycles. The molecule has 0 unspecified atom stereocenters. The molecule has 0 radical (unpaired) electrons. The summed E-state index contributed by atoms with van der Waals surface area (Å²) < 4.78 is 1.29. The molecule has 0 saturated heterocycles. The van der Waals surface area contributed by atoms with Gasteiger partial charge in [0, 0.05) is 5.56 Å². The minimum absolute atomic E-state index is 1.14. The van der Waals surface area contributed by atoms with Gasteiger partial charge in [-0.25, -0.2) is 4.98 Å². The van der Waals surface area contributed by atoms with Crippen LogP contribution in [0, 0.1) is 0 Å². The van der Waals surface area contributed by atoms with Crippen molar-refractivity contribution < 1.29 is 0 Å². The summed E-state index contributed by atoms with van der Waals surface area (Å²) >= 11 is 1.72. The molecular formula is C15H11NS. The van der Waals surface area contributed by atoms with Crippen LogP contribution >= 0.6 is 11.3 Å². The Labute approximate surface area is 104 Å². The van der Waals surface area contributed by atoms with Crippen LogP contribution in [0.1, 0.15) is 11.1 Å². The van der Waals surface area contributed by atoms with Gasteiger partial charge in [-0.15, -0.1) is 11.3 Å². The van der Waals surface area contributed by atoms with Crippen LogP contribution in [0.3, 0.4) is 0 Å². The fraction of sp³-hybridized carbons (Fsp3) is 0.133. The van der Waals surface area contributed by atoms with Crippen LogP contribution in [-0.4, -0.2) is 4.98 Å². The van der Waals surface area contributed by atoms with Crippen molar-refractivity contribution in [3.63, 3.8) is 0 Å². The summed E-state index contributed by atoms with van der Waals surface area (Å²) in [5.74, 6) is 0. The molecule has 2 aromatic carbocycles. The Morgan fingerprint density at radius 1 is 0.941 bits per heavy atom. The molecule has 82 valence electrons. The molecule has 1 aromatic heterocycles. The van der Waals surface area contributed by atoms with Gasteiger partial charge in [0.15, 0.2) is 0 Å². The van der Waals surface area contributed by atoms with Crippen LogP contribution in [0.4, 0.5) is 0 Å². The van der Waals surface area contributed by atoms with Crippen molar-refractivity contribution in [1.29, 1.82) is 0 Å². The predicted molar refractivity (Wildman–Crippen MR) is 72.5 cm³/mol. The lowest BCUT2D eigenvalue weighted by atomic mass is 9.85. The third kappa shape index (κ3) is 1.28. The van der Waals surface area contributed by atoms with Gasteiger partial charge >= 0.3 is 0 Å². The van der Waals surface area contributed by atoms with E-state index in [1.807, 2.05) is 5.51 Å². The van der Waals surface area contributed by atoms with Crippen molar-refractivity contribution in [2.75, 3.05) is 0 Å². The molecule has 1 nitrogen and oxygen atoms in total. The summed E-state index contributed by atoms with van der Waals surface area (Å²) in [4.78, 5) is 4.55. The quantitative estimate of drug-likeness (QED) is 0.574. The van der Waals surface area contributed by atoms with E-state index >= 15 is 0 Å². The second kappa shape index (κ2) is 3.41. The smallest absolute Gasteiger partial charge is 0.0893 e. The maximum Gasteiger partial charge on any atom is 0.0893 e. The van der Waals surface area contributed by atoms with E-state index in [0.29, 0.717) is 0 Å². The summed E-state index contributed by atoms with van der Waals surface area (Å²) in [6, 6.07) is 13.2. The van der Waals surface area contributed by atoms with E-state index in [4.69, 9.17) is 0 Å². The van der Waals surface area contributed by atoms with Gasteiger partial charge in [-0.2, -0.15) is 0 Å². The number of fused-ring (bicyclic) bond motifs is 5. The molecule has 0 N–H and O–H groups in total. The summed E-state index contributed by atoms with van der Waals surface area (Å²) in [6.45, 7) is 0. The molecule has 4 rings (SSSR count). The Bertz CT molecular complexity index is 712. The second-order valence-corrected chi connectivity index (χ2v) is 5.34. The van der Waals surface area contributed by atoms with Crippen LogP contribution in [0.2, 0.25) is 0 Å². The van der Waals surface area contributed by atoms with E-state index in [9.17, 15) is 0 Å². The molecule has 0 saturated carbocycles. The van der Waals surface area contributed by atoms with E-state index < -0.39 is 0 Å². The maximum absolute atomic E-state index is 4.55. The monoisotopic (exact) mass is 237 g/mol. The number of thiazole rings is 1. The van der Waals surface area contributed by atoms with E-state index in [1.54, 1.807) is 11.3 Å². The molecule has 2 heteroatoms. The normalized spacial score (nSPS) is 13.4. The molecule has 0 spiro atoms. The van der Waals surface area contributed by atoms with Gasteiger partial charge in [-0.05, 0) is 35.6 Å². The zero-order valence-electron chi connectivity index (χ0n) is 9.31. The van der Waals surface area contributed by atoms with Crippen molar-refractivity contribution in [2.45, 2.75) is 12.8 Å². The van der Waals surface area contributed by atoms with E-state index in [-0.39, 0.29) is 0 Å². The third-order valence-corrected chi connectivity index (χ3v) is 4.33. The number of aromatic nitrogens is 1. The van der Waals surface area contributed by atoms with Crippen LogP contribution in [0.25, 0.3) is 21.3 Å². The van der Waals surface area contributed by atoms with Crippen LogP contribution in [-0.2, 0) is 12.8 Å². The van der Waals surface area contributed by atoms with E-state index in [0.717, 1.165) is 12.8 Å². The highest BCUT2D eigenvalue weighted by Crippen LogP contribution is 2.38. The van der Waals surface area contributed by atoms with Crippen molar-refractivity contribution in [3.8, 4) is 11.1 Å². The highest BCUT2D eigenvalue weighted by atomic mass is 32.1. The van der Waals surface area contributed by atoms with Gasteiger partial charge in [0.25, 0.3) is 0 Å². The summed E-state index contributed by atoms with van der Waals surface area (Å²) in [5, 5.41) is 0. The maximum atomic E-state index is 4.55. The average Bonchev–Trinajstić information content (AvgIpc) is 2.86. The predicted octanol–water partition coefficient (Wildman–Crippen LogP) is 4.06. The fourth-order valence-corrected chi connectivity index (χ4v) is 3.42. The molecule has 17 heavy (non-hydrogen) atoms. The SMILES string of the molecule is c1ccc2c(c1)CCc1ccc3scnc3c1-2. The molecule has 0 bridgehead atoms. The van der Waals surface area contributed by atoms with Crippen LogP contribution < -0.4 is 0 Å². The third-order valence-electron chi connectivity index (χ3n) is 3.54. The van der Waals surface area contributed by atoms with Gasteiger partial charge in [-0.3, -0.25) is 0 Å². The Morgan fingerprint density at radius 3 is 2.82 bits per heavy atom. The molecule has 3 aromatic rings. The fourth-order valence-electron chi connectivity index (χ4n) is 2.73. The van der Waals surface area contributed by atoms with Crippen LogP contribution in [0.15, 0.2) is 41.9 Å². The summed E-state index contributed by atoms with van der Waals surface area (Å²) in [7, 11) is 0. The van der Waals surface area contributed by atoms with Gasteiger partial charge < -0.3 is 0 Å². The molecule has 1 aliphatic carbocycles. The highest BCUT2D eigenvalue weighted by molar-refractivity contribution is 7.16. The molecule has 0 amide bonds. The largest absolute Gasteiger partial charge is 0.244 e. The molecular weight excluding hydrogens is 226 g/mol. The van der Waals surface area contributed by atoms with Gasteiger partial charge in [0.05, 0.1) is 15.7 Å². The Kier molecular flexibility index (Phi) is 1.88. The number of nitrogens with zero attached hydrogens (tertiary/aromatic N) is 1. The standard InChI is InChI=1S/C15H11NS/c1-2-4-12-10(3-1)5-6-11-7-8-13-15(14(11)12)16-9-17-13/h1-4,7-9H,5-6H2. The number of hydrogen-bond acceptors (Lipinski definition) is 2. The second-order valence-electron chi connectivity index (χ2n) is 4.46. The first-order valence-electron chi connectivity index (χ1n) is 5.87. The topological polar surface area (TPSA) is 12.9 Å². The number of hydrogen-bond donors (Lipinski definition) is 0. The van der Waals surface area contributed by atoms with Crippen molar-refractivity contribution in [3.05, 3.63) is 53.0 Å². The minimum atomic E-state index is 1.14. The molecule has 0 fully saturated rings. The first-order valence-corrected chi connectivity index (χ1v) is 6.75. The highest BCUT2D eigenvalue weighted by Gasteiger charge is 2.18. The van der Waals surface area contributed by atoms with Gasteiger partial charge in [0.2, 0.25) is 0 Å². The van der Waals surface area contributed by atoms with Gasteiger partial charge in [0.1, 0.15) is 0 Å². The number of benzene rings is 2. The first-order chi connectivity index (χ1) is 8.43. The lowest BCUT2D eigenvalue weighted by Gasteiger charge is -2.19. The lowest BCUT2D eigenvalue weighted by Crippen LogP contribution is -2.03. The van der Waals surface area contributed by atoms with Crippen molar-refractivity contribution in [2.24, 2.45) is 0 Å². The first kappa shape index (κ1) is 9.37. The van der Waals surface area contributed by atoms with Crippen molar-refractivity contribution in [1.82, 2.24) is 4.98 Å². The van der Waals surface area contributed by atoms with Crippen molar-refractivity contribution >= 4 is 21.6 Å². The lowest BCUT2D eigenvalue weighted by molar-refractivity contribution is 0.944. The average molecular weight is 237 g/mol. The van der Waals surface area contributed by atoms with E-state index in [2.05, 4.69) is 41.4 Å².